The van der Waals surface area contributed by atoms with Crippen molar-refractivity contribution < 1.29 is 93.6 Å². The Morgan fingerprint density at radius 1 is 0.625 bits per heavy atom. The third kappa shape index (κ3) is 7.29. The molecule has 0 bridgehead atoms. The number of halogens is 17. The Labute approximate surface area is 162 Å². The van der Waals surface area contributed by atoms with E-state index in [1.807, 2.05) is 4.74 Å². The minimum Gasteiger partial charge on any atom is -0.464 e. The highest BCUT2D eigenvalue weighted by Crippen LogP contribution is 2.52. The molecule has 0 aromatic carbocycles. The molecule has 21 heteroatoms. The van der Waals surface area contributed by atoms with E-state index in [9.17, 15) is 79.4 Å². The molecule has 0 aliphatic rings. The lowest BCUT2D eigenvalue weighted by Crippen LogP contribution is -2.64. The summed E-state index contributed by atoms with van der Waals surface area (Å²) in [7, 11) is 0.000685. The summed E-state index contributed by atoms with van der Waals surface area (Å²) < 4.78 is 212. The number of carbonyl (C=O) groups is 1. The van der Waals surface area contributed by atoms with Gasteiger partial charge in [0.1, 0.15) is 0 Å². The fourth-order valence-electron chi connectivity index (χ4n) is 0.987. The van der Waals surface area contributed by atoms with E-state index in [1.165, 1.54) is 0 Å². The van der Waals surface area contributed by atoms with Crippen molar-refractivity contribution >= 4 is 5.97 Å². The van der Waals surface area contributed by atoms with Crippen LogP contribution in [0, 0.1) is 0 Å². The van der Waals surface area contributed by atoms with Crippen LogP contribution in [0.15, 0.2) is 24.3 Å². The van der Waals surface area contributed by atoms with Gasteiger partial charge in [0.15, 0.2) is 0 Å². The van der Waals surface area contributed by atoms with E-state index in [2.05, 4.69) is 4.74 Å². The zero-order valence-electron chi connectivity index (χ0n) is 14.1. The zero-order chi connectivity index (χ0) is 26.5. The van der Waals surface area contributed by atoms with Gasteiger partial charge in [-0.1, -0.05) is 0 Å². The highest BCUT2D eigenvalue weighted by molar-refractivity contribution is 5.78. The largest absolute Gasteiger partial charge is 0.471 e. The number of hydrogen-bond acceptors (Lipinski definition) is 4. The van der Waals surface area contributed by atoms with E-state index in [0.29, 0.717) is 0 Å². The van der Waals surface area contributed by atoms with Gasteiger partial charge in [-0.2, -0.15) is 74.6 Å². The predicted molar refractivity (Wildman–Crippen MR) is 60.7 cm³/mol. The van der Waals surface area contributed by atoms with E-state index in [0.717, 1.165) is 0 Å². The highest BCUT2D eigenvalue weighted by Gasteiger charge is 2.82. The Bertz CT molecular complexity index is 704. The number of rotatable bonds is 7. The number of hydrogen-bond donors (Lipinski definition) is 0. The second kappa shape index (κ2) is 10.4. The summed E-state index contributed by atoms with van der Waals surface area (Å²) in [5, 5.41) is 0. The fraction of sp³-hybridized carbons (Fsp3) is 0.545. The van der Waals surface area contributed by atoms with Crippen LogP contribution in [0.25, 0.3) is 0 Å². The molecule has 0 aliphatic carbocycles. The number of ether oxygens (including phenoxy) is 3. The van der Waals surface area contributed by atoms with Gasteiger partial charge in [0.25, 0.3) is 0 Å². The molecule has 0 saturated heterocycles. The summed E-state index contributed by atoms with van der Waals surface area (Å²) in [5.41, 5.74) is 0. The van der Waals surface area contributed by atoms with Gasteiger partial charge in [0.2, 0.25) is 0 Å². The van der Waals surface area contributed by atoms with Gasteiger partial charge in [0, 0.05) is 0 Å². The SMILES string of the molecule is COC(=O)C(F)(F)C(F)(F)OC(F)(C(F)(F)F)C(F)(F)OC(F)=C(F)F.FC(F)=C(F)F. The Morgan fingerprint density at radius 3 is 1.25 bits per heavy atom. The first-order valence-corrected chi connectivity index (χ1v) is 6.35. The lowest BCUT2D eigenvalue weighted by Gasteiger charge is -2.36. The second-order valence-electron chi connectivity index (χ2n) is 4.45. The first-order chi connectivity index (χ1) is 13.9. The third-order valence-electron chi connectivity index (χ3n) is 2.32. The first kappa shape index (κ1) is 31.7. The molecular formula is C11H3F17O4. The summed E-state index contributed by atoms with van der Waals surface area (Å²) in [5.74, 6) is -17.1. The second-order valence-corrected chi connectivity index (χ2v) is 4.45. The molecule has 4 nitrogen and oxygen atoms in total. The van der Waals surface area contributed by atoms with Crippen LogP contribution in [0.5, 0.6) is 0 Å². The van der Waals surface area contributed by atoms with Crippen molar-refractivity contribution in [1.82, 2.24) is 0 Å². The van der Waals surface area contributed by atoms with Gasteiger partial charge in [-0.05, 0) is 0 Å². The number of methoxy groups -OCH3 is 1. The quantitative estimate of drug-likeness (QED) is 0.225. The van der Waals surface area contributed by atoms with Crippen LogP contribution in [0.4, 0.5) is 74.6 Å². The molecule has 0 rings (SSSR count). The Balaban J connectivity index is 0. The van der Waals surface area contributed by atoms with E-state index in [-0.39, 0.29) is 7.11 Å². The van der Waals surface area contributed by atoms with Crippen LogP contribution in [-0.2, 0) is 19.0 Å². The summed E-state index contributed by atoms with van der Waals surface area (Å²) in [4.78, 5) is 10.4. The van der Waals surface area contributed by atoms with Crippen molar-refractivity contribution in [3.05, 3.63) is 24.3 Å². The molecule has 0 amide bonds. The van der Waals surface area contributed by atoms with Crippen LogP contribution < -0.4 is 0 Å². The normalized spacial score (nSPS) is 14.4. The summed E-state index contributed by atoms with van der Waals surface area (Å²) in [6, 6.07) is -3.87. The smallest absolute Gasteiger partial charge is 0.464 e. The van der Waals surface area contributed by atoms with Crippen molar-refractivity contribution in [2.24, 2.45) is 0 Å². The van der Waals surface area contributed by atoms with E-state index in [1.54, 1.807) is 4.74 Å². The van der Waals surface area contributed by atoms with Gasteiger partial charge in [-0.3, -0.25) is 4.74 Å². The van der Waals surface area contributed by atoms with Crippen molar-refractivity contribution in [3.8, 4) is 0 Å². The monoisotopic (exact) mass is 522 g/mol. The van der Waals surface area contributed by atoms with Crippen molar-refractivity contribution in [3.63, 3.8) is 0 Å². The van der Waals surface area contributed by atoms with E-state index in [4.69, 9.17) is 0 Å². The fourth-order valence-corrected chi connectivity index (χ4v) is 0.987. The maximum Gasteiger partial charge on any atom is 0.471 e. The number of alkyl halides is 10. The third-order valence-corrected chi connectivity index (χ3v) is 2.32. The molecule has 0 spiro atoms. The highest BCUT2D eigenvalue weighted by atomic mass is 19.4. The van der Waals surface area contributed by atoms with Gasteiger partial charge >= 0.3 is 60.4 Å². The molecular weight excluding hydrogens is 519 g/mol. The van der Waals surface area contributed by atoms with Gasteiger partial charge < -0.3 is 9.47 Å². The molecule has 0 aromatic rings. The van der Waals surface area contributed by atoms with Crippen LogP contribution in [0.3, 0.4) is 0 Å². The molecule has 0 heterocycles. The molecule has 1 unspecified atom stereocenters. The minimum absolute atomic E-state index is 0.000685. The standard InChI is InChI=1S/C9H3F13O4.C2F4/c1-24-4(23)5(13,14)8(19,20)26-6(15,7(16,17)18)9(21,22)25-3(12)2(10)11;3-1(4)2(5)6/h1H3;. The Kier molecular flexibility index (Phi) is 10.3. The van der Waals surface area contributed by atoms with E-state index < -0.39 is 60.4 Å². The lowest BCUT2D eigenvalue weighted by molar-refractivity contribution is -0.513. The molecule has 0 aliphatic heterocycles. The van der Waals surface area contributed by atoms with Crippen molar-refractivity contribution in [1.29, 1.82) is 0 Å². The summed E-state index contributed by atoms with van der Waals surface area (Å²) in [6.07, 6.45) is -31.2. The average molecular weight is 522 g/mol. The zero-order valence-corrected chi connectivity index (χ0v) is 14.1. The predicted octanol–water partition coefficient (Wildman–Crippen LogP) is 6.27. The molecule has 0 fully saturated rings. The summed E-state index contributed by atoms with van der Waals surface area (Å²) >= 11 is 0. The first-order valence-electron chi connectivity index (χ1n) is 6.35. The van der Waals surface area contributed by atoms with E-state index >= 15 is 0 Å². The van der Waals surface area contributed by atoms with Crippen LogP contribution in [0.2, 0.25) is 0 Å². The average Bonchev–Trinajstić information content (AvgIpc) is 2.58. The molecule has 0 saturated carbocycles. The van der Waals surface area contributed by atoms with Crippen LogP contribution >= 0.6 is 0 Å². The van der Waals surface area contributed by atoms with Crippen molar-refractivity contribution in [2.45, 2.75) is 30.2 Å². The Morgan fingerprint density at radius 2 is 1.00 bits per heavy atom. The lowest BCUT2D eigenvalue weighted by atomic mass is 10.2. The molecule has 0 N–H and O–H groups in total. The topological polar surface area (TPSA) is 44.8 Å². The maximum absolute atomic E-state index is 13.5. The van der Waals surface area contributed by atoms with Crippen LogP contribution in [-0.4, -0.2) is 43.2 Å². The molecule has 190 valence electrons. The molecule has 1 atom stereocenters. The Hall–Kier alpha value is -2.48. The summed E-state index contributed by atoms with van der Waals surface area (Å²) in [6.45, 7) is 0. The molecule has 0 radical (unpaired) electrons. The van der Waals surface area contributed by atoms with Crippen molar-refractivity contribution in [2.75, 3.05) is 7.11 Å². The number of carbonyl (C=O) groups excluding carboxylic acids is 1. The minimum atomic E-state index is -7.39. The molecule has 0 aromatic heterocycles. The number of esters is 1. The maximum atomic E-state index is 13.5. The van der Waals surface area contributed by atoms with Gasteiger partial charge in [0.05, 0.1) is 7.11 Å². The molecule has 32 heavy (non-hydrogen) atoms. The van der Waals surface area contributed by atoms with Gasteiger partial charge in [-0.15, -0.1) is 0 Å². The van der Waals surface area contributed by atoms with Crippen LogP contribution in [0.1, 0.15) is 0 Å². The van der Waals surface area contributed by atoms with Gasteiger partial charge in [-0.25, -0.2) is 4.79 Å².